The zero-order valence-electron chi connectivity index (χ0n) is 15.8. The molecule has 1 N–H and O–H groups in total. The molecule has 0 aliphatic carbocycles. The van der Waals surface area contributed by atoms with Crippen LogP contribution in [-0.2, 0) is 22.5 Å². The molecule has 2 aromatic rings. The fourth-order valence-electron chi connectivity index (χ4n) is 3.09. The Morgan fingerprint density at radius 3 is 2.74 bits per heavy atom. The zero-order chi connectivity index (χ0) is 18.9. The van der Waals surface area contributed by atoms with Gasteiger partial charge in [-0.2, -0.15) is 0 Å². The highest BCUT2D eigenvalue weighted by Crippen LogP contribution is 2.29. The van der Waals surface area contributed by atoms with Gasteiger partial charge in [-0.3, -0.25) is 4.79 Å². The topological polar surface area (TPSA) is 56.8 Å². The number of hydrogen-bond acceptors (Lipinski definition) is 4. The largest absolute Gasteiger partial charge is 0.493 e. The van der Waals surface area contributed by atoms with Crippen molar-refractivity contribution in [1.82, 2.24) is 5.32 Å². The van der Waals surface area contributed by atoms with Crippen LogP contribution in [-0.4, -0.2) is 32.3 Å². The monoisotopic (exact) mass is 369 g/mol. The van der Waals surface area contributed by atoms with Crippen LogP contribution in [0.25, 0.3) is 0 Å². The molecule has 0 unspecified atom stereocenters. The van der Waals surface area contributed by atoms with Crippen molar-refractivity contribution in [1.29, 1.82) is 0 Å². The molecule has 0 spiro atoms. The van der Waals surface area contributed by atoms with Crippen molar-refractivity contribution in [2.24, 2.45) is 0 Å². The number of nitrogens with one attached hydrogen (secondary N) is 1. The molecule has 1 aliphatic heterocycles. The van der Waals surface area contributed by atoms with Gasteiger partial charge in [0.2, 0.25) is 5.91 Å². The molecule has 27 heavy (non-hydrogen) atoms. The number of ether oxygens (including phenoxy) is 3. The van der Waals surface area contributed by atoms with E-state index in [0.717, 1.165) is 31.4 Å². The lowest BCUT2D eigenvalue weighted by Gasteiger charge is -2.15. The molecule has 1 atom stereocenters. The van der Waals surface area contributed by atoms with Crippen LogP contribution >= 0.6 is 0 Å². The standard InChI is InChI=1S/C22H27NO4/c1-25-21-14-18(9-11-20(21)27-16-19-8-5-13-26-19)15-23-22(24)12-10-17-6-3-2-4-7-17/h2-4,6-7,9,11,14,19H,5,8,10,12-13,15-16H2,1H3,(H,23,24)/t19-/m1/s1. The van der Waals surface area contributed by atoms with E-state index >= 15 is 0 Å². The Kier molecular flexibility index (Phi) is 7.11. The molecule has 0 radical (unpaired) electrons. The number of hydrogen-bond donors (Lipinski definition) is 1. The van der Waals surface area contributed by atoms with Gasteiger partial charge in [-0.25, -0.2) is 0 Å². The molecule has 1 fully saturated rings. The van der Waals surface area contributed by atoms with Crippen LogP contribution in [0.15, 0.2) is 48.5 Å². The number of aryl methyl sites for hydroxylation is 1. The van der Waals surface area contributed by atoms with Crippen molar-refractivity contribution in [3.8, 4) is 11.5 Å². The second kappa shape index (κ2) is 9.97. The maximum absolute atomic E-state index is 12.1. The summed E-state index contributed by atoms with van der Waals surface area (Å²) < 4.78 is 16.9. The number of methoxy groups -OCH3 is 1. The van der Waals surface area contributed by atoms with Gasteiger partial charge in [0.1, 0.15) is 6.61 Å². The fraction of sp³-hybridized carbons (Fsp3) is 0.409. The predicted molar refractivity (Wildman–Crippen MR) is 104 cm³/mol. The molecule has 144 valence electrons. The average molecular weight is 369 g/mol. The fourth-order valence-corrected chi connectivity index (χ4v) is 3.09. The lowest BCUT2D eigenvalue weighted by Crippen LogP contribution is -2.23. The summed E-state index contributed by atoms with van der Waals surface area (Å²) >= 11 is 0. The lowest BCUT2D eigenvalue weighted by atomic mass is 10.1. The van der Waals surface area contributed by atoms with Gasteiger partial charge in [-0.1, -0.05) is 36.4 Å². The Hall–Kier alpha value is -2.53. The summed E-state index contributed by atoms with van der Waals surface area (Å²) in [5.41, 5.74) is 2.14. The van der Waals surface area contributed by atoms with Crippen molar-refractivity contribution in [3.63, 3.8) is 0 Å². The molecule has 1 heterocycles. The number of benzene rings is 2. The molecule has 0 aromatic heterocycles. The number of amides is 1. The predicted octanol–water partition coefficient (Wildman–Crippen LogP) is 3.50. The maximum Gasteiger partial charge on any atom is 0.220 e. The third kappa shape index (κ3) is 6.00. The first-order valence-electron chi connectivity index (χ1n) is 9.46. The Bertz CT molecular complexity index is 726. The van der Waals surface area contributed by atoms with E-state index in [-0.39, 0.29) is 12.0 Å². The summed E-state index contributed by atoms with van der Waals surface area (Å²) in [7, 11) is 1.62. The molecule has 1 saturated heterocycles. The van der Waals surface area contributed by atoms with E-state index in [1.807, 2.05) is 48.5 Å². The molecule has 2 aromatic carbocycles. The summed E-state index contributed by atoms with van der Waals surface area (Å²) in [4.78, 5) is 12.1. The minimum Gasteiger partial charge on any atom is -0.493 e. The van der Waals surface area contributed by atoms with Gasteiger partial charge in [-0.05, 0) is 42.5 Å². The minimum atomic E-state index is 0.0385. The van der Waals surface area contributed by atoms with E-state index in [0.29, 0.717) is 31.1 Å². The van der Waals surface area contributed by atoms with E-state index < -0.39 is 0 Å². The van der Waals surface area contributed by atoms with Crippen LogP contribution in [0.2, 0.25) is 0 Å². The van der Waals surface area contributed by atoms with Gasteiger partial charge >= 0.3 is 0 Å². The Morgan fingerprint density at radius 2 is 2.00 bits per heavy atom. The van der Waals surface area contributed by atoms with Crippen LogP contribution in [0.4, 0.5) is 0 Å². The average Bonchev–Trinajstić information content (AvgIpc) is 3.24. The van der Waals surface area contributed by atoms with E-state index in [9.17, 15) is 4.79 Å². The first-order valence-corrected chi connectivity index (χ1v) is 9.46. The molecule has 1 amide bonds. The maximum atomic E-state index is 12.1. The highest BCUT2D eigenvalue weighted by Gasteiger charge is 2.17. The second-order valence-electron chi connectivity index (χ2n) is 6.69. The molecular weight excluding hydrogens is 342 g/mol. The molecule has 0 bridgehead atoms. The smallest absolute Gasteiger partial charge is 0.220 e. The van der Waals surface area contributed by atoms with Gasteiger partial charge in [0.15, 0.2) is 11.5 Å². The van der Waals surface area contributed by atoms with Gasteiger partial charge in [-0.15, -0.1) is 0 Å². The normalized spacial score (nSPS) is 16.1. The van der Waals surface area contributed by atoms with E-state index in [4.69, 9.17) is 14.2 Å². The van der Waals surface area contributed by atoms with Gasteiger partial charge in [0.05, 0.1) is 13.2 Å². The minimum absolute atomic E-state index is 0.0385. The van der Waals surface area contributed by atoms with Crippen molar-refractivity contribution in [2.75, 3.05) is 20.3 Å². The van der Waals surface area contributed by atoms with Gasteiger partial charge in [0, 0.05) is 19.6 Å². The van der Waals surface area contributed by atoms with E-state index in [1.54, 1.807) is 7.11 Å². The van der Waals surface area contributed by atoms with E-state index in [2.05, 4.69) is 5.32 Å². The van der Waals surface area contributed by atoms with Crippen molar-refractivity contribution in [2.45, 2.75) is 38.3 Å². The lowest BCUT2D eigenvalue weighted by molar-refractivity contribution is -0.121. The first-order chi connectivity index (χ1) is 13.2. The zero-order valence-corrected chi connectivity index (χ0v) is 15.8. The summed E-state index contributed by atoms with van der Waals surface area (Å²) in [6, 6.07) is 15.8. The Morgan fingerprint density at radius 1 is 1.15 bits per heavy atom. The highest BCUT2D eigenvalue weighted by atomic mass is 16.5. The number of carbonyl (C=O) groups excluding carboxylic acids is 1. The van der Waals surface area contributed by atoms with E-state index in [1.165, 1.54) is 5.56 Å². The molecule has 5 heteroatoms. The van der Waals surface area contributed by atoms with Gasteiger partial charge in [0.25, 0.3) is 0 Å². The molecule has 3 rings (SSSR count). The first kappa shape index (κ1) is 19.2. The van der Waals surface area contributed by atoms with Crippen LogP contribution in [0, 0.1) is 0 Å². The third-order valence-corrected chi connectivity index (χ3v) is 4.65. The van der Waals surface area contributed by atoms with Crippen molar-refractivity contribution < 1.29 is 19.0 Å². The van der Waals surface area contributed by atoms with Crippen LogP contribution in [0.5, 0.6) is 11.5 Å². The summed E-state index contributed by atoms with van der Waals surface area (Å²) in [6.07, 6.45) is 3.51. The summed E-state index contributed by atoms with van der Waals surface area (Å²) in [5, 5.41) is 2.96. The molecule has 1 aliphatic rings. The summed E-state index contributed by atoms with van der Waals surface area (Å²) in [6.45, 7) is 1.82. The SMILES string of the molecule is COc1cc(CNC(=O)CCc2ccccc2)ccc1OC[C@H]1CCCO1. The quantitative estimate of drug-likeness (QED) is 0.735. The third-order valence-electron chi connectivity index (χ3n) is 4.65. The number of carbonyl (C=O) groups is 1. The Balaban J connectivity index is 1.47. The summed E-state index contributed by atoms with van der Waals surface area (Å²) in [5.74, 6) is 1.41. The van der Waals surface area contributed by atoms with Crippen LogP contribution in [0.3, 0.4) is 0 Å². The Labute approximate surface area is 160 Å². The molecule has 5 nitrogen and oxygen atoms in total. The second-order valence-corrected chi connectivity index (χ2v) is 6.69. The van der Waals surface area contributed by atoms with Crippen LogP contribution in [0.1, 0.15) is 30.4 Å². The molecule has 0 saturated carbocycles. The highest BCUT2D eigenvalue weighted by molar-refractivity contribution is 5.76. The van der Waals surface area contributed by atoms with Gasteiger partial charge < -0.3 is 19.5 Å². The van der Waals surface area contributed by atoms with Crippen molar-refractivity contribution in [3.05, 3.63) is 59.7 Å². The molecular formula is C22H27NO4. The van der Waals surface area contributed by atoms with Crippen LogP contribution < -0.4 is 14.8 Å². The number of rotatable bonds is 9. The van der Waals surface area contributed by atoms with Crippen molar-refractivity contribution >= 4 is 5.91 Å².